The van der Waals surface area contributed by atoms with E-state index in [9.17, 15) is 10.0 Å². The summed E-state index contributed by atoms with van der Waals surface area (Å²) in [5, 5.41) is 11.2. The Morgan fingerprint density at radius 2 is 1.54 bits per heavy atom. The number of amides is 1. The molecule has 0 aliphatic rings. The molecular formula is C23H22ClNO3. The summed E-state index contributed by atoms with van der Waals surface area (Å²) in [4.78, 5) is 12.2. The van der Waals surface area contributed by atoms with E-state index < -0.39 is 0 Å². The molecule has 1 N–H and O–H groups in total. The molecule has 0 aliphatic heterocycles. The van der Waals surface area contributed by atoms with Crippen LogP contribution in [0.25, 0.3) is 0 Å². The smallest absolute Gasteiger partial charge is 0.250 e. The molecular weight excluding hydrogens is 374 g/mol. The highest BCUT2D eigenvalue weighted by Crippen LogP contribution is 2.26. The Morgan fingerprint density at radius 1 is 0.893 bits per heavy atom. The number of benzene rings is 3. The monoisotopic (exact) mass is 395 g/mol. The van der Waals surface area contributed by atoms with Crippen molar-refractivity contribution in [1.82, 2.24) is 5.06 Å². The molecule has 0 atom stereocenters. The molecule has 5 heteroatoms. The molecule has 4 nitrogen and oxygen atoms in total. The second-order valence-corrected chi connectivity index (χ2v) is 6.88. The van der Waals surface area contributed by atoms with Crippen LogP contribution in [0.15, 0.2) is 78.9 Å². The SMILES string of the molecule is O=C(Cc1ccc(OCc2ccccc2)c(Cl)c1)N(O)CCc1ccccc1. The predicted molar refractivity (Wildman–Crippen MR) is 110 cm³/mol. The molecule has 28 heavy (non-hydrogen) atoms. The topological polar surface area (TPSA) is 49.8 Å². The van der Waals surface area contributed by atoms with Crippen molar-refractivity contribution in [2.24, 2.45) is 0 Å². The lowest BCUT2D eigenvalue weighted by Gasteiger charge is -2.15. The second-order valence-electron chi connectivity index (χ2n) is 6.47. The lowest BCUT2D eigenvalue weighted by molar-refractivity contribution is -0.164. The van der Waals surface area contributed by atoms with E-state index in [2.05, 4.69) is 0 Å². The maximum absolute atomic E-state index is 12.2. The summed E-state index contributed by atoms with van der Waals surface area (Å²) < 4.78 is 5.74. The van der Waals surface area contributed by atoms with Gasteiger partial charge in [-0.05, 0) is 35.2 Å². The molecule has 3 aromatic rings. The van der Waals surface area contributed by atoms with Crippen molar-refractivity contribution in [2.45, 2.75) is 19.4 Å². The first kappa shape index (κ1) is 19.9. The van der Waals surface area contributed by atoms with Crippen molar-refractivity contribution in [3.05, 3.63) is 101 Å². The molecule has 3 aromatic carbocycles. The van der Waals surface area contributed by atoms with Gasteiger partial charge in [0.15, 0.2) is 0 Å². The summed E-state index contributed by atoms with van der Waals surface area (Å²) >= 11 is 6.29. The van der Waals surface area contributed by atoms with Gasteiger partial charge in [-0.1, -0.05) is 78.3 Å². The van der Waals surface area contributed by atoms with Crippen LogP contribution in [-0.2, 0) is 24.2 Å². The van der Waals surface area contributed by atoms with Gasteiger partial charge in [-0.3, -0.25) is 10.0 Å². The lowest BCUT2D eigenvalue weighted by atomic mass is 10.1. The summed E-state index contributed by atoms with van der Waals surface area (Å²) in [6, 6.07) is 24.8. The van der Waals surface area contributed by atoms with Crippen molar-refractivity contribution in [2.75, 3.05) is 6.54 Å². The van der Waals surface area contributed by atoms with Crippen molar-refractivity contribution < 1.29 is 14.7 Å². The van der Waals surface area contributed by atoms with Crippen LogP contribution in [0.4, 0.5) is 0 Å². The third-order valence-corrected chi connectivity index (χ3v) is 4.63. The highest BCUT2D eigenvalue weighted by Gasteiger charge is 2.13. The highest BCUT2D eigenvalue weighted by molar-refractivity contribution is 6.32. The van der Waals surface area contributed by atoms with Gasteiger partial charge in [0.05, 0.1) is 18.0 Å². The molecule has 0 aliphatic carbocycles. The van der Waals surface area contributed by atoms with Crippen LogP contribution in [-0.4, -0.2) is 22.7 Å². The Bertz CT molecular complexity index is 900. The van der Waals surface area contributed by atoms with Crippen LogP contribution in [0.1, 0.15) is 16.7 Å². The van der Waals surface area contributed by atoms with Gasteiger partial charge in [0.2, 0.25) is 5.91 Å². The predicted octanol–water partition coefficient (Wildman–Crippen LogP) is 4.92. The third kappa shape index (κ3) is 5.84. The van der Waals surface area contributed by atoms with Crippen LogP contribution in [0, 0.1) is 0 Å². The first-order chi connectivity index (χ1) is 13.6. The zero-order chi connectivity index (χ0) is 19.8. The number of carbonyl (C=O) groups excluding carboxylic acids is 1. The van der Waals surface area contributed by atoms with Gasteiger partial charge in [-0.25, -0.2) is 5.06 Å². The molecule has 0 saturated carbocycles. The number of nitrogens with zero attached hydrogens (tertiary/aromatic N) is 1. The van der Waals surface area contributed by atoms with E-state index in [4.69, 9.17) is 16.3 Å². The standard InChI is InChI=1S/C23H22ClNO3/c24-21-15-20(11-12-22(21)28-17-19-9-5-2-6-10-19)16-23(26)25(27)14-13-18-7-3-1-4-8-18/h1-12,15,27H,13-14,16-17H2. The molecule has 0 bridgehead atoms. The van der Waals surface area contributed by atoms with E-state index in [0.717, 1.165) is 21.8 Å². The molecule has 0 spiro atoms. The van der Waals surface area contributed by atoms with Crippen LogP contribution < -0.4 is 4.74 Å². The zero-order valence-corrected chi connectivity index (χ0v) is 16.2. The van der Waals surface area contributed by atoms with Gasteiger partial charge in [-0.2, -0.15) is 0 Å². The molecule has 0 unspecified atom stereocenters. The van der Waals surface area contributed by atoms with Gasteiger partial charge in [-0.15, -0.1) is 0 Å². The number of hydrogen-bond donors (Lipinski definition) is 1. The fraction of sp³-hybridized carbons (Fsp3) is 0.174. The number of hydrogen-bond acceptors (Lipinski definition) is 3. The zero-order valence-electron chi connectivity index (χ0n) is 15.4. The van der Waals surface area contributed by atoms with E-state index in [1.54, 1.807) is 18.2 Å². The summed E-state index contributed by atoms with van der Waals surface area (Å²) in [6.07, 6.45) is 0.667. The number of hydroxylamine groups is 2. The number of carbonyl (C=O) groups is 1. The third-order valence-electron chi connectivity index (χ3n) is 4.33. The quantitative estimate of drug-likeness (QED) is 0.435. The van der Waals surface area contributed by atoms with Crippen LogP contribution in [0.3, 0.4) is 0 Å². The average Bonchev–Trinajstić information content (AvgIpc) is 2.73. The van der Waals surface area contributed by atoms with Crippen LogP contribution in [0.2, 0.25) is 5.02 Å². The van der Waals surface area contributed by atoms with E-state index in [1.165, 1.54) is 0 Å². The Hall–Kier alpha value is -2.82. The number of halogens is 1. The lowest BCUT2D eigenvalue weighted by Crippen LogP contribution is -2.30. The Morgan fingerprint density at radius 3 is 2.18 bits per heavy atom. The normalized spacial score (nSPS) is 10.5. The van der Waals surface area contributed by atoms with Crippen molar-refractivity contribution in [3.8, 4) is 5.75 Å². The van der Waals surface area contributed by atoms with E-state index in [1.807, 2.05) is 60.7 Å². The largest absolute Gasteiger partial charge is 0.487 e. The molecule has 3 rings (SSSR count). The highest BCUT2D eigenvalue weighted by atomic mass is 35.5. The van der Waals surface area contributed by atoms with Gasteiger partial charge >= 0.3 is 0 Å². The summed E-state index contributed by atoms with van der Waals surface area (Å²) in [7, 11) is 0. The molecule has 1 amide bonds. The Kier molecular flexibility index (Phi) is 7.06. The van der Waals surface area contributed by atoms with Gasteiger partial charge in [0, 0.05) is 0 Å². The van der Waals surface area contributed by atoms with Gasteiger partial charge < -0.3 is 4.74 Å². The first-order valence-electron chi connectivity index (χ1n) is 9.10. The van der Waals surface area contributed by atoms with E-state index >= 15 is 0 Å². The fourth-order valence-electron chi connectivity index (χ4n) is 2.78. The van der Waals surface area contributed by atoms with Crippen LogP contribution in [0.5, 0.6) is 5.75 Å². The van der Waals surface area contributed by atoms with Crippen LogP contribution >= 0.6 is 11.6 Å². The maximum atomic E-state index is 12.2. The molecule has 144 valence electrons. The van der Waals surface area contributed by atoms with E-state index in [-0.39, 0.29) is 18.9 Å². The van der Waals surface area contributed by atoms with E-state index in [0.29, 0.717) is 23.8 Å². The van der Waals surface area contributed by atoms with Gasteiger partial charge in [0.1, 0.15) is 12.4 Å². The first-order valence-corrected chi connectivity index (χ1v) is 9.48. The fourth-order valence-corrected chi connectivity index (χ4v) is 3.03. The second kappa shape index (κ2) is 9.93. The minimum Gasteiger partial charge on any atom is -0.487 e. The molecule has 0 fully saturated rings. The minimum atomic E-state index is -0.370. The molecule has 0 heterocycles. The summed E-state index contributed by atoms with van der Waals surface area (Å²) in [6.45, 7) is 0.664. The van der Waals surface area contributed by atoms with Gasteiger partial charge in [0.25, 0.3) is 0 Å². The van der Waals surface area contributed by atoms with Crippen molar-refractivity contribution in [1.29, 1.82) is 0 Å². The number of rotatable bonds is 8. The minimum absolute atomic E-state index is 0.0734. The molecule has 0 radical (unpaired) electrons. The van der Waals surface area contributed by atoms with Crippen molar-refractivity contribution in [3.63, 3.8) is 0 Å². The average molecular weight is 396 g/mol. The summed E-state index contributed by atoms with van der Waals surface area (Å²) in [5.41, 5.74) is 2.84. The van der Waals surface area contributed by atoms with Crippen molar-refractivity contribution >= 4 is 17.5 Å². The maximum Gasteiger partial charge on any atom is 0.250 e. The molecule has 0 aromatic heterocycles. The summed E-state index contributed by atoms with van der Waals surface area (Å²) in [5.74, 6) is 0.191. The Balaban J connectivity index is 1.52. The number of ether oxygens (including phenoxy) is 1. The molecule has 0 saturated heterocycles. The Labute approximate surface area is 169 Å².